The van der Waals surface area contributed by atoms with Gasteiger partial charge in [0, 0.05) is 27.2 Å². The number of nitrogens with zero attached hydrogens (tertiary/aromatic N) is 1. The number of hydrogen-bond donors (Lipinski definition) is 2. The fraction of sp³-hybridized carbons (Fsp3) is 0.364. The number of ether oxygens (including phenoxy) is 1. The number of carbonyl (C=O) groups excluding carboxylic acids is 2. The van der Waals surface area contributed by atoms with E-state index in [-0.39, 0.29) is 5.75 Å². The summed E-state index contributed by atoms with van der Waals surface area (Å²) < 4.78 is 40.1. The van der Waals surface area contributed by atoms with Crippen LogP contribution in [0.25, 0.3) is 0 Å². The molecule has 0 aliphatic carbocycles. The zero-order valence-corrected chi connectivity index (χ0v) is 18.2. The molecule has 0 heterocycles. The van der Waals surface area contributed by atoms with Gasteiger partial charge in [-0.3, -0.25) is 5.43 Å². The molecule has 174 valence electrons. The van der Waals surface area contributed by atoms with Crippen molar-refractivity contribution in [3.8, 4) is 5.75 Å². The third-order valence-corrected chi connectivity index (χ3v) is 3.38. The number of aromatic hydroxyl groups is 1. The molecule has 0 saturated heterocycles. The van der Waals surface area contributed by atoms with Crippen LogP contribution >= 0.6 is 0 Å². The number of halogens is 3. The van der Waals surface area contributed by atoms with Crippen LogP contribution in [0, 0.1) is 0 Å². The first-order valence-corrected chi connectivity index (χ1v) is 9.31. The number of alkyl halides is 3. The Hall–Kier alpha value is -2.75. The van der Waals surface area contributed by atoms with Crippen molar-refractivity contribution < 1.29 is 32.6 Å². The highest BCUT2D eigenvalue weighted by Crippen LogP contribution is 2.29. The Morgan fingerprint density at radius 3 is 1.87 bits per heavy atom. The molecule has 0 saturated carbocycles. The highest BCUT2D eigenvalue weighted by Gasteiger charge is 2.29. The summed E-state index contributed by atoms with van der Waals surface area (Å²) in [7, 11) is 5.25. The highest BCUT2D eigenvalue weighted by atomic mass is 19.4. The molecule has 0 aliphatic heterocycles. The molecule has 0 bridgehead atoms. The minimum atomic E-state index is -4.33. The molecule has 6 nitrogen and oxygen atoms in total. The van der Waals surface area contributed by atoms with Crippen molar-refractivity contribution in [2.75, 3.05) is 34.4 Å². The second-order valence-corrected chi connectivity index (χ2v) is 5.75. The Morgan fingerprint density at radius 2 is 1.55 bits per heavy atom. The molecule has 2 N–H and O–H groups in total. The van der Waals surface area contributed by atoms with Gasteiger partial charge in [-0.2, -0.15) is 13.2 Å². The van der Waals surface area contributed by atoms with E-state index >= 15 is 0 Å². The summed E-state index contributed by atoms with van der Waals surface area (Å²) in [6, 6.07) is 13.3. The first kappa shape index (κ1) is 30.4. The van der Waals surface area contributed by atoms with Crippen molar-refractivity contribution in [3.05, 3.63) is 65.7 Å². The van der Waals surface area contributed by atoms with Crippen molar-refractivity contribution in [2.45, 2.75) is 19.5 Å². The van der Waals surface area contributed by atoms with Crippen molar-refractivity contribution in [1.29, 1.82) is 0 Å². The molecule has 0 unspecified atom stereocenters. The van der Waals surface area contributed by atoms with Crippen LogP contribution in [0.1, 0.15) is 18.1 Å². The van der Waals surface area contributed by atoms with E-state index in [1.54, 1.807) is 26.2 Å². The standard InChI is InChI=1S/C8H8O.C7H5F3O.C4H10N2O.C3H8O/c9-7-6-8-4-2-1-3-5-8;8-7(9,10)5-1-3-6(11)4-2-5;1-5-6(2)3-4-7;1-3-4-2/h1-5,7H,6H2;1-4,11H;4-5H,3H2,1-2H3;3H2,1-2H3. The molecule has 0 amide bonds. The third kappa shape index (κ3) is 19.0. The summed E-state index contributed by atoms with van der Waals surface area (Å²) in [6.07, 6.45) is -2.04. The molecular formula is C22H31F3N2O4. The van der Waals surface area contributed by atoms with E-state index in [0.717, 1.165) is 49.0 Å². The van der Waals surface area contributed by atoms with Gasteiger partial charge in [0.15, 0.2) is 0 Å². The summed E-state index contributed by atoms with van der Waals surface area (Å²) >= 11 is 0. The largest absolute Gasteiger partial charge is 0.508 e. The van der Waals surface area contributed by atoms with Gasteiger partial charge >= 0.3 is 6.18 Å². The molecule has 0 spiro atoms. The van der Waals surface area contributed by atoms with Crippen molar-refractivity contribution in [3.63, 3.8) is 0 Å². The quantitative estimate of drug-likeness (QED) is 0.522. The van der Waals surface area contributed by atoms with E-state index in [1.807, 2.05) is 37.3 Å². The maximum Gasteiger partial charge on any atom is 0.416 e. The summed E-state index contributed by atoms with van der Waals surface area (Å²) in [6.45, 7) is 3.22. The molecule has 2 aromatic rings. The number of hydrogen-bond acceptors (Lipinski definition) is 6. The summed E-state index contributed by atoms with van der Waals surface area (Å²) in [5.41, 5.74) is 3.09. The van der Waals surface area contributed by atoms with Crippen LogP contribution in [0.5, 0.6) is 5.75 Å². The Balaban J connectivity index is 0. The molecular weight excluding hydrogens is 413 g/mol. The van der Waals surface area contributed by atoms with Gasteiger partial charge in [0.1, 0.15) is 18.3 Å². The monoisotopic (exact) mass is 444 g/mol. The van der Waals surface area contributed by atoms with E-state index in [4.69, 9.17) is 5.11 Å². The van der Waals surface area contributed by atoms with Crippen LogP contribution in [0.3, 0.4) is 0 Å². The fourth-order valence-electron chi connectivity index (χ4n) is 1.56. The lowest BCUT2D eigenvalue weighted by atomic mass is 10.2. The Kier molecular flexibility index (Phi) is 18.9. The van der Waals surface area contributed by atoms with Gasteiger partial charge in [0.2, 0.25) is 0 Å². The van der Waals surface area contributed by atoms with E-state index in [9.17, 15) is 22.8 Å². The van der Waals surface area contributed by atoms with Crippen molar-refractivity contribution in [1.82, 2.24) is 10.4 Å². The second kappa shape index (κ2) is 19.2. The maximum absolute atomic E-state index is 11.8. The number of rotatable bonds is 6. The lowest BCUT2D eigenvalue weighted by molar-refractivity contribution is -0.137. The van der Waals surface area contributed by atoms with Crippen LogP contribution in [-0.2, 0) is 26.9 Å². The molecule has 0 fully saturated rings. The average molecular weight is 444 g/mol. The van der Waals surface area contributed by atoms with Crippen LogP contribution in [0.15, 0.2) is 54.6 Å². The van der Waals surface area contributed by atoms with Crippen LogP contribution in [0.4, 0.5) is 13.2 Å². The van der Waals surface area contributed by atoms with Gasteiger partial charge in [-0.25, -0.2) is 5.01 Å². The van der Waals surface area contributed by atoms with Gasteiger partial charge in [0.05, 0.1) is 12.1 Å². The minimum Gasteiger partial charge on any atom is -0.508 e. The lowest BCUT2D eigenvalue weighted by Crippen LogP contribution is -2.32. The molecule has 9 heteroatoms. The molecule has 0 atom stereocenters. The van der Waals surface area contributed by atoms with Crippen LogP contribution in [-0.4, -0.2) is 57.0 Å². The van der Waals surface area contributed by atoms with E-state index in [2.05, 4.69) is 10.2 Å². The third-order valence-electron chi connectivity index (χ3n) is 3.38. The number of carbonyl (C=O) groups is 2. The number of methoxy groups -OCH3 is 1. The number of aldehydes is 2. The van der Waals surface area contributed by atoms with Gasteiger partial charge in [-0.15, -0.1) is 0 Å². The number of phenolic OH excluding ortho intramolecular Hbond substituents is 1. The van der Waals surface area contributed by atoms with Crippen molar-refractivity contribution >= 4 is 12.6 Å². The minimum absolute atomic E-state index is 0.169. The summed E-state index contributed by atoms with van der Waals surface area (Å²) in [4.78, 5) is 19.7. The SMILES string of the molecule is CCOC.CNN(C)CC=O.O=CCc1ccccc1.Oc1ccc(C(F)(F)F)cc1. The zero-order valence-electron chi connectivity index (χ0n) is 18.2. The van der Waals surface area contributed by atoms with Gasteiger partial charge in [-0.05, 0) is 43.8 Å². The number of nitrogens with one attached hydrogen (secondary N) is 1. The Bertz CT molecular complexity index is 679. The number of likely N-dealkylation sites (N-methyl/N-ethyl adjacent to an activating group) is 1. The van der Waals surface area contributed by atoms with Gasteiger partial charge in [0.25, 0.3) is 0 Å². The van der Waals surface area contributed by atoms with Gasteiger partial charge in [-0.1, -0.05) is 30.3 Å². The first-order chi connectivity index (χ1) is 14.7. The predicted octanol–water partition coefficient (Wildman–Crippen LogP) is 3.74. The number of hydrazine groups is 1. The summed E-state index contributed by atoms with van der Waals surface area (Å²) in [5, 5.41) is 10.3. The topological polar surface area (TPSA) is 78.9 Å². The maximum atomic E-state index is 11.8. The second-order valence-electron chi connectivity index (χ2n) is 5.75. The summed E-state index contributed by atoms with van der Waals surface area (Å²) in [5.74, 6) is -0.169. The molecule has 31 heavy (non-hydrogen) atoms. The first-order valence-electron chi connectivity index (χ1n) is 9.31. The van der Waals surface area contributed by atoms with E-state index < -0.39 is 11.7 Å². The number of benzene rings is 2. The van der Waals surface area contributed by atoms with Gasteiger partial charge < -0.3 is 19.4 Å². The Labute approximate surface area is 181 Å². The predicted molar refractivity (Wildman–Crippen MR) is 115 cm³/mol. The van der Waals surface area contributed by atoms with E-state index in [0.29, 0.717) is 13.0 Å². The Morgan fingerprint density at radius 1 is 1.03 bits per heavy atom. The molecule has 0 aliphatic rings. The normalized spacial score (nSPS) is 9.81. The van der Waals surface area contributed by atoms with Crippen molar-refractivity contribution in [2.24, 2.45) is 0 Å². The number of phenols is 1. The van der Waals surface area contributed by atoms with E-state index in [1.165, 1.54) is 0 Å². The lowest BCUT2D eigenvalue weighted by Gasteiger charge is -2.08. The highest BCUT2D eigenvalue weighted by molar-refractivity contribution is 5.54. The molecule has 2 rings (SSSR count). The molecule has 2 aromatic carbocycles. The average Bonchev–Trinajstić information content (AvgIpc) is 2.75. The fourth-order valence-corrected chi connectivity index (χ4v) is 1.56. The molecule has 0 radical (unpaired) electrons. The zero-order chi connectivity index (χ0) is 24.1. The smallest absolute Gasteiger partial charge is 0.416 e. The van der Waals surface area contributed by atoms with Crippen LogP contribution < -0.4 is 5.43 Å². The van der Waals surface area contributed by atoms with Crippen LogP contribution in [0.2, 0.25) is 0 Å². The molecule has 0 aromatic heterocycles.